The number of Topliss-reactive ketones (excluding diaryl/α,β-unsaturated/α-hetero) is 1. The highest BCUT2D eigenvalue weighted by Gasteiger charge is 2.29. The van der Waals surface area contributed by atoms with Gasteiger partial charge in [-0.25, -0.2) is 4.98 Å². The summed E-state index contributed by atoms with van der Waals surface area (Å²) >= 11 is 3.36. The molecule has 1 aromatic heterocycles. The van der Waals surface area contributed by atoms with Gasteiger partial charge in [0, 0.05) is 21.7 Å². The third kappa shape index (κ3) is 2.22. The lowest BCUT2D eigenvalue weighted by Gasteiger charge is -2.08. The van der Waals surface area contributed by atoms with Crippen LogP contribution in [0.1, 0.15) is 22.2 Å². The normalized spacial score (nSPS) is 17.7. The highest BCUT2D eigenvalue weighted by Crippen LogP contribution is 2.40. The molecule has 1 unspecified atom stereocenters. The average Bonchev–Trinajstić information content (AvgIpc) is 2.95. The van der Waals surface area contributed by atoms with Gasteiger partial charge in [0.25, 0.3) is 0 Å². The van der Waals surface area contributed by atoms with Gasteiger partial charge in [-0.15, -0.1) is 23.1 Å². The van der Waals surface area contributed by atoms with E-state index >= 15 is 0 Å². The van der Waals surface area contributed by atoms with Crippen molar-refractivity contribution in [3.8, 4) is 0 Å². The van der Waals surface area contributed by atoms with Crippen LogP contribution in [0.2, 0.25) is 0 Å². The summed E-state index contributed by atoms with van der Waals surface area (Å²) in [6.45, 7) is 1.96. The molecule has 0 saturated heterocycles. The van der Waals surface area contributed by atoms with Crippen LogP contribution in [0.3, 0.4) is 0 Å². The number of thiazole rings is 1. The van der Waals surface area contributed by atoms with Crippen LogP contribution in [0.25, 0.3) is 0 Å². The molecule has 1 aliphatic heterocycles. The Kier molecular flexibility index (Phi) is 3.22. The summed E-state index contributed by atoms with van der Waals surface area (Å²) in [7, 11) is 0. The van der Waals surface area contributed by atoms with Crippen LogP contribution < -0.4 is 0 Å². The summed E-state index contributed by atoms with van der Waals surface area (Å²) in [4.78, 5) is 18.0. The van der Waals surface area contributed by atoms with Crippen molar-refractivity contribution in [1.29, 1.82) is 0 Å². The lowest BCUT2D eigenvalue weighted by atomic mass is 9.95. The van der Waals surface area contributed by atoms with Gasteiger partial charge in [-0.05, 0) is 18.6 Å². The largest absolute Gasteiger partial charge is 0.299 e. The van der Waals surface area contributed by atoms with Crippen molar-refractivity contribution in [3.05, 3.63) is 45.9 Å². The number of carbonyl (C=O) groups is 1. The van der Waals surface area contributed by atoms with Crippen LogP contribution >= 0.6 is 23.1 Å². The van der Waals surface area contributed by atoms with E-state index in [4.69, 9.17) is 0 Å². The second-order valence-electron chi connectivity index (χ2n) is 4.43. The number of ketones is 1. The molecule has 1 aliphatic rings. The zero-order valence-electron chi connectivity index (χ0n) is 10.1. The monoisotopic (exact) mass is 275 g/mol. The van der Waals surface area contributed by atoms with Crippen molar-refractivity contribution in [2.75, 3.05) is 5.75 Å². The number of aromatic nitrogens is 1. The van der Waals surface area contributed by atoms with E-state index in [9.17, 15) is 4.79 Å². The van der Waals surface area contributed by atoms with Crippen LogP contribution in [-0.4, -0.2) is 16.5 Å². The molecule has 0 N–H and O–H groups in total. The number of fused-ring (bicyclic) bond motifs is 1. The summed E-state index contributed by atoms with van der Waals surface area (Å²) in [5.74, 6) is 1.22. The number of benzene rings is 1. The van der Waals surface area contributed by atoms with E-state index in [2.05, 4.69) is 17.1 Å². The Hall–Kier alpha value is -1.13. The topological polar surface area (TPSA) is 30.0 Å². The fourth-order valence-electron chi connectivity index (χ4n) is 2.19. The number of hydrogen-bond donors (Lipinski definition) is 0. The lowest BCUT2D eigenvalue weighted by Crippen LogP contribution is -2.14. The van der Waals surface area contributed by atoms with E-state index in [1.165, 1.54) is 10.5 Å². The molecular formula is C14H13NOS2. The molecule has 0 spiro atoms. The van der Waals surface area contributed by atoms with Crippen LogP contribution in [0.4, 0.5) is 0 Å². The van der Waals surface area contributed by atoms with Gasteiger partial charge in [-0.1, -0.05) is 18.2 Å². The van der Waals surface area contributed by atoms with Gasteiger partial charge in [0.15, 0.2) is 0 Å². The standard InChI is InChI=1S/C14H13NOS2/c1-9-7-18-14(15-9)6-12(16)11-8-17-13-5-3-2-4-10(11)13/h2-5,7,11H,6,8H2,1H3. The Bertz CT molecular complexity index is 591. The van der Waals surface area contributed by atoms with Crippen LogP contribution in [0, 0.1) is 6.92 Å². The summed E-state index contributed by atoms with van der Waals surface area (Å²) < 4.78 is 0. The van der Waals surface area contributed by atoms with Crippen molar-refractivity contribution in [2.45, 2.75) is 24.2 Å². The second-order valence-corrected chi connectivity index (χ2v) is 6.43. The smallest absolute Gasteiger partial charge is 0.148 e. The third-order valence-corrected chi connectivity index (χ3v) is 5.23. The molecule has 3 rings (SSSR count). The first-order valence-electron chi connectivity index (χ1n) is 5.89. The zero-order chi connectivity index (χ0) is 12.5. The van der Waals surface area contributed by atoms with Gasteiger partial charge in [-0.2, -0.15) is 0 Å². The predicted octanol–water partition coefficient (Wildman–Crippen LogP) is 3.45. The molecule has 1 aromatic carbocycles. The quantitative estimate of drug-likeness (QED) is 0.859. The Morgan fingerprint density at radius 2 is 2.28 bits per heavy atom. The molecule has 0 amide bonds. The van der Waals surface area contributed by atoms with E-state index < -0.39 is 0 Å². The Morgan fingerprint density at radius 1 is 1.44 bits per heavy atom. The molecule has 4 heteroatoms. The molecule has 2 aromatic rings. The molecule has 92 valence electrons. The summed E-state index contributed by atoms with van der Waals surface area (Å²) in [6.07, 6.45) is 0.470. The number of rotatable bonds is 3. The van der Waals surface area contributed by atoms with E-state index in [0.29, 0.717) is 12.2 Å². The minimum absolute atomic E-state index is 0.0513. The maximum absolute atomic E-state index is 12.3. The highest BCUT2D eigenvalue weighted by atomic mass is 32.2. The minimum atomic E-state index is 0.0513. The summed E-state index contributed by atoms with van der Waals surface area (Å²) in [6, 6.07) is 8.22. The molecule has 0 aliphatic carbocycles. The van der Waals surface area contributed by atoms with Gasteiger partial charge < -0.3 is 0 Å². The van der Waals surface area contributed by atoms with Gasteiger partial charge >= 0.3 is 0 Å². The lowest BCUT2D eigenvalue weighted by molar-refractivity contribution is -0.119. The molecule has 2 nitrogen and oxygen atoms in total. The van der Waals surface area contributed by atoms with Crippen molar-refractivity contribution in [2.24, 2.45) is 0 Å². The first-order valence-corrected chi connectivity index (χ1v) is 7.76. The summed E-state index contributed by atoms with van der Waals surface area (Å²) in [5.41, 5.74) is 2.20. The van der Waals surface area contributed by atoms with Crippen molar-refractivity contribution >= 4 is 28.9 Å². The average molecular weight is 275 g/mol. The van der Waals surface area contributed by atoms with Crippen LogP contribution in [-0.2, 0) is 11.2 Å². The number of nitrogens with zero attached hydrogens (tertiary/aromatic N) is 1. The Labute approximate surface area is 114 Å². The fraction of sp³-hybridized carbons (Fsp3) is 0.286. The third-order valence-electron chi connectivity index (χ3n) is 3.08. The fourth-order valence-corrected chi connectivity index (χ4v) is 4.23. The number of aryl methyl sites for hydroxylation is 1. The molecule has 0 bridgehead atoms. The molecular weight excluding hydrogens is 262 g/mol. The van der Waals surface area contributed by atoms with E-state index in [1.807, 2.05) is 24.4 Å². The van der Waals surface area contributed by atoms with Crippen molar-refractivity contribution < 1.29 is 4.79 Å². The van der Waals surface area contributed by atoms with Crippen LogP contribution in [0.15, 0.2) is 34.5 Å². The minimum Gasteiger partial charge on any atom is -0.299 e. The molecule has 2 heterocycles. The first kappa shape index (κ1) is 11.9. The SMILES string of the molecule is Cc1csc(CC(=O)C2CSc3ccccc32)n1. The van der Waals surface area contributed by atoms with E-state index in [-0.39, 0.29) is 5.92 Å². The highest BCUT2D eigenvalue weighted by molar-refractivity contribution is 7.99. The molecule has 18 heavy (non-hydrogen) atoms. The van der Waals surface area contributed by atoms with Gasteiger partial charge in [0.05, 0.1) is 12.3 Å². The number of carbonyl (C=O) groups excluding carboxylic acids is 1. The Morgan fingerprint density at radius 3 is 3.06 bits per heavy atom. The van der Waals surface area contributed by atoms with Gasteiger partial charge in [0.2, 0.25) is 0 Å². The first-order chi connectivity index (χ1) is 8.74. The van der Waals surface area contributed by atoms with Gasteiger partial charge in [0.1, 0.15) is 10.8 Å². The maximum Gasteiger partial charge on any atom is 0.148 e. The molecule has 1 atom stereocenters. The van der Waals surface area contributed by atoms with Crippen LogP contribution in [0.5, 0.6) is 0 Å². The van der Waals surface area contributed by atoms with Crippen molar-refractivity contribution in [3.63, 3.8) is 0 Å². The molecule has 0 fully saturated rings. The Balaban J connectivity index is 1.78. The second kappa shape index (κ2) is 4.86. The van der Waals surface area contributed by atoms with E-state index in [1.54, 1.807) is 23.1 Å². The maximum atomic E-state index is 12.3. The number of thioether (sulfide) groups is 1. The van der Waals surface area contributed by atoms with E-state index in [0.717, 1.165) is 16.5 Å². The molecule has 0 radical (unpaired) electrons. The number of hydrogen-bond acceptors (Lipinski definition) is 4. The van der Waals surface area contributed by atoms with Crippen molar-refractivity contribution in [1.82, 2.24) is 4.98 Å². The zero-order valence-corrected chi connectivity index (χ0v) is 11.7. The van der Waals surface area contributed by atoms with Gasteiger partial charge in [-0.3, -0.25) is 4.79 Å². The molecule has 0 saturated carbocycles. The summed E-state index contributed by atoms with van der Waals surface area (Å²) in [5, 5.41) is 2.94. The predicted molar refractivity (Wildman–Crippen MR) is 75.5 cm³/mol.